The van der Waals surface area contributed by atoms with Gasteiger partial charge in [0.2, 0.25) is 11.8 Å². The zero-order valence-corrected chi connectivity index (χ0v) is 16.2. The van der Waals surface area contributed by atoms with Gasteiger partial charge in [-0.15, -0.1) is 10.2 Å². The van der Waals surface area contributed by atoms with Gasteiger partial charge in [-0.25, -0.2) is 0 Å². The number of anilines is 1. The van der Waals surface area contributed by atoms with E-state index in [9.17, 15) is 4.79 Å². The Hall–Kier alpha value is -2.80. The third-order valence-corrected chi connectivity index (χ3v) is 4.95. The predicted octanol–water partition coefficient (Wildman–Crippen LogP) is 4.43. The summed E-state index contributed by atoms with van der Waals surface area (Å²) in [6.45, 7) is 3.90. The largest absolute Gasteiger partial charge is 0.497 e. The second-order valence-electron chi connectivity index (χ2n) is 5.90. The van der Waals surface area contributed by atoms with Crippen LogP contribution in [0.25, 0.3) is 11.5 Å². The summed E-state index contributed by atoms with van der Waals surface area (Å²) in [6.07, 6.45) is 0.966. The van der Waals surface area contributed by atoms with Crippen LogP contribution in [0.4, 0.5) is 5.69 Å². The van der Waals surface area contributed by atoms with Crippen molar-refractivity contribution in [3.63, 3.8) is 0 Å². The van der Waals surface area contributed by atoms with Crippen LogP contribution in [-0.2, 0) is 11.2 Å². The maximum absolute atomic E-state index is 12.4. The number of amides is 1. The quantitative estimate of drug-likeness (QED) is 0.608. The van der Waals surface area contributed by atoms with E-state index >= 15 is 0 Å². The number of thioether (sulfide) groups is 1. The van der Waals surface area contributed by atoms with Crippen molar-refractivity contribution in [1.82, 2.24) is 10.2 Å². The SMILES string of the molecule is CCc1ccc(NC(=O)[C@@H](C)Sc2nnc(-c3ccc(OC)cc3)o2)cc1. The Morgan fingerprint density at radius 2 is 1.85 bits per heavy atom. The highest BCUT2D eigenvalue weighted by molar-refractivity contribution is 8.00. The van der Waals surface area contributed by atoms with Crippen LogP contribution in [0.1, 0.15) is 19.4 Å². The lowest BCUT2D eigenvalue weighted by atomic mass is 10.1. The van der Waals surface area contributed by atoms with Gasteiger partial charge < -0.3 is 14.5 Å². The predicted molar refractivity (Wildman–Crippen MR) is 106 cm³/mol. The first kappa shape index (κ1) is 19.0. The Bertz CT molecular complexity index is 892. The van der Waals surface area contributed by atoms with Crippen LogP contribution in [0.15, 0.2) is 58.2 Å². The number of carbonyl (C=O) groups excluding carboxylic acids is 1. The summed E-state index contributed by atoms with van der Waals surface area (Å²) in [5, 5.41) is 10.9. The van der Waals surface area contributed by atoms with Crippen LogP contribution < -0.4 is 10.1 Å². The minimum absolute atomic E-state index is 0.117. The van der Waals surface area contributed by atoms with Crippen molar-refractivity contribution in [1.29, 1.82) is 0 Å². The summed E-state index contributed by atoms with van der Waals surface area (Å²) in [5.41, 5.74) is 2.80. The number of nitrogens with one attached hydrogen (secondary N) is 1. The summed E-state index contributed by atoms with van der Waals surface area (Å²) < 4.78 is 10.8. The first-order valence-electron chi connectivity index (χ1n) is 8.63. The molecule has 1 N–H and O–H groups in total. The average Bonchev–Trinajstić information content (AvgIpc) is 3.17. The van der Waals surface area contributed by atoms with Gasteiger partial charge in [0, 0.05) is 11.3 Å². The minimum Gasteiger partial charge on any atom is -0.497 e. The summed E-state index contributed by atoms with van der Waals surface area (Å²) in [6, 6.07) is 15.2. The summed E-state index contributed by atoms with van der Waals surface area (Å²) in [7, 11) is 1.61. The molecule has 0 fully saturated rings. The van der Waals surface area contributed by atoms with Gasteiger partial charge in [-0.1, -0.05) is 30.8 Å². The van der Waals surface area contributed by atoms with E-state index in [0.717, 1.165) is 23.4 Å². The van der Waals surface area contributed by atoms with Crippen molar-refractivity contribution in [3.8, 4) is 17.2 Å². The molecule has 0 bridgehead atoms. The highest BCUT2D eigenvalue weighted by atomic mass is 32.2. The number of methoxy groups -OCH3 is 1. The fraction of sp³-hybridized carbons (Fsp3) is 0.250. The van der Waals surface area contributed by atoms with Gasteiger partial charge in [0.05, 0.1) is 12.4 Å². The first-order valence-corrected chi connectivity index (χ1v) is 9.51. The van der Waals surface area contributed by atoms with Gasteiger partial charge in [-0.3, -0.25) is 4.79 Å². The Morgan fingerprint density at radius 1 is 1.15 bits per heavy atom. The average molecular weight is 383 g/mol. The Balaban J connectivity index is 1.60. The molecule has 0 radical (unpaired) electrons. The van der Waals surface area contributed by atoms with E-state index in [2.05, 4.69) is 22.4 Å². The summed E-state index contributed by atoms with van der Waals surface area (Å²) >= 11 is 1.22. The lowest BCUT2D eigenvalue weighted by molar-refractivity contribution is -0.115. The van der Waals surface area contributed by atoms with E-state index < -0.39 is 0 Å². The highest BCUT2D eigenvalue weighted by Crippen LogP contribution is 2.27. The summed E-state index contributed by atoms with van der Waals surface area (Å²) in [4.78, 5) is 12.4. The number of aryl methyl sites for hydroxylation is 1. The normalized spacial score (nSPS) is 11.8. The van der Waals surface area contributed by atoms with E-state index in [1.165, 1.54) is 17.3 Å². The van der Waals surface area contributed by atoms with Crippen LogP contribution >= 0.6 is 11.8 Å². The molecule has 1 aromatic heterocycles. The van der Waals surface area contributed by atoms with Crippen LogP contribution in [0.2, 0.25) is 0 Å². The molecule has 1 atom stereocenters. The van der Waals surface area contributed by atoms with Crippen LogP contribution in [0.3, 0.4) is 0 Å². The van der Waals surface area contributed by atoms with Crippen LogP contribution in [0.5, 0.6) is 5.75 Å². The second-order valence-corrected chi connectivity index (χ2v) is 7.19. The van der Waals surface area contributed by atoms with E-state index in [4.69, 9.17) is 9.15 Å². The van der Waals surface area contributed by atoms with Crippen molar-refractivity contribution in [2.45, 2.75) is 30.7 Å². The van der Waals surface area contributed by atoms with Gasteiger partial charge in [0.15, 0.2) is 0 Å². The Morgan fingerprint density at radius 3 is 2.48 bits per heavy atom. The molecular weight excluding hydrogens is 362 g/mol. The molecule has 6 nitrogen and oxygen atoms in total. The topological polar surface area (TPSA) is 77.2 Å². The Labute approximate surface area is 162 Å². The van der Waals surface area contributed by atoms with E-state index in [1.807, 2.05) is 48.5 Å². The van der Waals surface area contributed by atoms with Crippen molar-refractivity contribution >= 4 is 23.4 Å². The zero-order chi connectivity index (χ0) is 19.2. The maximum atomic E-state index is 12.4. The van der Waals surface area contributed by atoms with Crippen LogP contribution in [0, 0.1) is 0 Å². The standard InChI is InChI=1S/C20H21N3O3S/c1-4-14-5-9-16(10-6-14)21-18(24)13(2)27-20-23-22-19(26-20)15-7-11-17(25-3)12-8-15/h5-13H,4H2,1-3H3,(H,21,24)/t13-/m1/s1. The molecule has 0 saturated heterocycles. The molecule has 7 heteroatoms. The molecule has 27 heavy (non-hydrogen) atoms. The van der Waals surface area contributed by atoms with Gasteiger partial charge >= 0.3 is 0 Å². The smallest absolute Gasteiger partial charge is 0.277 e. The summed E-state index contributed by atoms with van der Waals surface area (Å²) in [5.74, 6) is 1.04. The number of aromatic nitrogens is 2. The third kappa shape index (κ3) is 4.89. The number of ether oxygens (including phenoxy) is 1. The van der Waals surface area contributed by atoms with E-state index in [1.54, 1.807) is 14.0 Å². The fourth-order valence-corrected chi connectivity index (χ4v) is 3.06. The number of nitrogens with zero attached hydrogens (tertiary/aromatic N) is 2. The fourth-order valence-electron chi connectivity index (χ4n) is 2.38. The lowest BCUT2D eigenvalue weighted by Gasteiger charge is -2.10. The van der Waals surface area contributed by atoms with E-state index in [-0.39, 0.29) is 11.2 Å². The number of benzene rings is 2. The molecule has 0 unspecified atom stereocenters. The zero-order valence-electron chi connectivity index (χ0n) is 15.4. The Kier molecular flexibility index (Phi) is 6.13. The molecule has 3 rings (SSSR count). The molecule has 1 amide bonds. The molecule has 3 aromatic rings. The monoisotopic (exact) mass is 383 g/mol. The van der Waals surface area contributed by atoms with Gasteiger partial charge in [-0.05, 0) is 55.3 Å². The number of rotatable bonds is 7. The number of hydrogen-bond acceptors (Lipinski definition) is 6. The van der Waals surface area contributed by atoms with Gasteiger partial charge in [0.25, 0.3) is 5.22 Å². The minimum atomic E-state index is -0.375. The number of hydrogen-bond donors (Lipinski definition) is 1. The second kappa shape index (κ2) is 8.73. The highest BCUT2D eigenvalue weighted by Gasteiger charge is 2.19. The molecular formula is C20H21N3O3S. The molecule has 1 heterocycles. The molecule has 140 valence electrons. The lowest BCUT2D eigenvalue weighted by Crippen LogP contribution is -2.22. The first-order chi connectivity index (χ1) is 13.1. The van der Waals surface area contributed by atoms with Crippen molar-refractivity contribution in [3.05, 3.63) is 54.1 Å². The molecule has 0 spiro atoms. The van der Waals surface area contributed by atoms with Crippen molar-refractivity contribution < 1.29 is 13.9 Å². The molecule has 0 aliphatic heterocycles. The van der Waals surface area contributed by atoms with Gasteiger partial charge in [-0.2, -0.15) is 0 Å². The van der Waals surface area contributed by atoms with E-state index in [0.29, 0.717) is 11.1 Å². The van der Waals surface area contributed by atoms with Crippen molar-refractivity contribution in [2.24, 2.45) is 0 Å². The van der Waals surface area contributed by atoms with Crippen LogP contribution in [-0.4, -0.2) is 28.5 Å². The number of carbonyl (C=O) groups is 1. The van der Waals surface area contributed by atoms with Gasteiger partial charge in [0.1, 0.15) is 5.75 Å². The molecule has 0 saturated carbocycles. The third-order valence-electron chi connectivity index (χ3n) is 4.02. The molecule has 0 aliphatic carbocycles. The van der Waals surface area contributed by atoms with Crippen molar-refractivity contribution in [2.75, 3.05) is 12.4 Å². The molecule has 0 aliphatic rings. The maximum Gasteiger partial charge on any atom is 0.277 e. The molecule has 2 aromatic carbocycles.